The largest absolute Gasteiger partial charge is 0.394 e. The van der Waals surface area contributed by atoms with Gasteiger partial charge in [-0.1, -0.05) is 35.3 Å². The fourth-order valence-electron chi connectivity index (χ4n) is 4.20. The van der Waals surface area contributed by atoms with Crippen LogP contribution in [0.4, 0.5) is 5.69 Å². The van der Waals surface area contributed by atoms with Gasteiger partial charge < -0.3 is 15.3 Å². The van der Waals surface area contributed by atoms with Crippen molar-refractivity contribution in [3.63, 3.8) is 0 Å². The van der Waals surface area contributed by atoms with Crippen LogP contribution in [0.15, 0.2) is 60.7 Å². The monoisotopic (exact) mass is 527 g/mol. The molecule has 36 heavy (non-hydrogen) atoms. The molecule has 1 fully saturated rings. The number of rotatable bonds is 6. The van der Waals surface area contributed by atoms with E-state index in [2.05, 4.69) is 5.32 Å². The molecule has 10 heteroatoms. The first-order valence-electron chi connectivity index (χ1n) is 11.2. The smallest absolute Gasteiger partial charge is 0.274 e. The van der Waals surface area contributed by atoms with E-state index in [-0.39, 0.29) is 34.7 Å². The maximum atomic E-state index is 13.4. The molecule has 3 aromatic rings. The van der Waals surface area contributed by atoms with E-state index < -0.39 is 11.8 Å². The van der Waals surface area contributed by atoms with Gasteiger partial charge in [0.05, 0.1) is 23.2 Å². The molecule has 1 atom stereocenters. The number of aliphatic hydroxyl groups is 1. The van der Waals surface area contributed by atoms with Gasteiger partial charge >= 0.3 is 0 Å². The van der Waals surface area contributed by atoms with Gasteiger partial charge in [-0.05, 0) is 72.5 Å². The average molecular weight is 528 g/mol. The molecular formula is C26H23Cl2N3O5. The van der Waals surface area contributed by atoms with Crippen LogP contribution in [0.5, 0.6) is 0 Å². The molecule has 3 aromatic carbocycles. The lowest BCUT2D eigenvalue weighted by atomic mass is 9.99. The summed E-state index contributed by atoms with van der Waals surface area (Å²) >= 11 is 12.1. The van der Waals surface area contributed by atoms with Gasteiger partial charge in [-0.15, -0.1) is 0 Å². The Bertz CT molecular complexity index is 1310. The summed E-state index contributed by atoms with van der Waals surface area (Å²) in [5, 5.41) is 21.9. The van der Waals surface area contributed by atoms with E-state index in [9.17, 15) is 19.5 Å². The topological polar surface area (TPSA) is 119 Å². The van der Waals surface area contributed by atoms with E-state index in [1.54, 1.807) is 46.8 Å². The average Bonchev–Trinajstić information content (AvgIpc) is 3.36. The summed E-state index contributed by atoms with van der Waals surface area (Å²) in [6.45, 7) is 0.403. The number of likely N-dealkylation sites (tertiary alicyclic amines) is 1. The Balaban J connectivity index is 1.72. The highest BCUT2D eigenvalue weighted by molar-refractivity contribution is 6.37. The highest BCUT2D eigenvalue weighted by atomic mass is 35.5. The number of anilines is 1. The van der Waals surface area contributed by atoms with Crippen LogP contribution in [0.2, 0.25) is 10.0 Å². The van der Waals surface area contributed by atoms with Crippen molar-refractivity contribution in [1.82, 2.24) is 10.4 Å². The molecule has 1 aliphatic rings. The Morgan fingerprint density at radius 1 is 0.917 bits per heavy atom. The zero-order chi connectivity index (χ0) is 25.8. The van der Waals surface area contributed by atoms with Gasteiger partial charge in [-0.25, -0.2) is 5.48 Å². The molecule has 1 aliphatic heterocycles. The van der Waals surface area contributed by atoms with Gasteiger partial charge in [0.2, 0.25) is 0 Å². The molecule has 4 N–H and O–H groups in total. The molecule has 0 saturated carbocycles. The number of hydrogen-bond acceptors (Lipinski definition) is 5. The molecule has 0 spiro atoms. The van der Waals surface area contributed by atoms with Gasteiger partial charge in [-0.3, -0.25) is 19.6 Å². The first-order valence-corrected chi connectivity index (χ1v) is 11.9. The maximum Gasteiger partial charge on any atom is 0.274 e. The third-order valence-corrected chi connectivity index (χ3v) is 6.59. The Kier molecular flexibility index (Phi) is 7.91. The molecule has 0 aromatic heterocycles. The number of benzene rings is 3. The number of amides is 3. The fraction of sp³-hybridized carbons (Fsp3) is 0.192. The van der Waals surface area contributed by atoms with Crippen LogP contribution in [0.25, 0.3) is 11.1 Å². The summed E-state index contributed by atoms with van der Waals surface area (Å²) in [5.74, 6) is -1.39. The Hall–Kier alpha value is -3.43. The van der Waals surface area contributed by atoms with Crippen molar-refractivity contribution in [3.8, 4) is 11.1 Å². The zero-order valence-corrected chi connectivity index (χ0v) is 20.5. The van der Waals surface area contributed by atoms with Gasteiger partial charge in [0.15, 0.2) is 0 Å². The van der Waals surface area contributed by atoms with Crippen LogP contribution >= 0.6 is 23.2 Å². The van der Waals surface area contributed by atoms with Gasteiger partial charge in [0.25, 0.3) is 17.7 Å². The molecule has 186 valence electrons. The molecule has 1 unspecified atom stereocenters. The van der Waals surface area contributed by atoms with E-state index in [1.807, 2.05) is 0 Å². The highest BCUT2D eigenvalue weighted by Crippen LogP contribution is 2.29. The predicted molar refractivity (Wildman–Crippen MR) is 137 cm³/mol. The lowest BCUT2D eigenvalue weighted by molar-refractivity contribution is 0.0676. The number of hydrogen-bond donors (Lipinski definition) is 4. The standard InChI is InChI=1S/C26H23Cl2N3O5/c27-19-7-8-22(23(28)13-19)25(34)29-20-11-17(15-3-5-16(6-4-15)24(33)30-36)10-18(12-20)26(35)31-9-1-2-21(31)14-32/h3-8,10-13,21,32,36H,1-2,9,14H2,(H,29,34)(H,30,33). The van der Waals surface area contributed by atoms with Crippen LogP contribution in [-0.4, -0.2) is 52.1 Å². The Morgan fingerprint density at radius 3 is 2.33 bits per heavy atom. The third-order valence-electron chi connectivity index (χ3n) is 6.04. The first kappa shape index (κ1) is 25.7. The molecular weight excluding hydrogens is 505 g/mol. The quantitative estimate of drug-likeness (QED) is 0.275. The van der Waals surface area contributed by atoms with E-state index >= 15 is 0 Å². The van der Waals surface area contributed by atoms with E-state index in [0.717, 1.165) is 12.8 Å². The van der Waals surface area contributed by atoms with Crippen LogP contribution in [-0.2, 0) is 0 Å². The second-order valence-electron chi connectivity index (χ2n) is 8.37. The summed E-state index contributed by atoms with van der Waals surface area (Å²) < 4.78 is 0. The normalized spacial score (nSPS) is 15.0. The van der Waals surface area contributed by atoms with Gasteiger partial charge in [-0.2, -0.15) is 0 Å². The number of aliphatic hydroxyl groups excluding tert-OH is 1. The minimum absolute atomic E-state index is 0.127. The minimum atomic E-state index is -0.651. The highest BCUT2D eigenvalue weighted by Gasteiger charge is 2.29. The zero-order valence-electron chi connectivity index (χ0n) is 19.0. The van der Waals surface area contributed by atoms with Crippen molar-refractivity contribution < 1.29 is 24.7 Å². The molecule has 0 aliphatic carbocycles. The molecule has 0 bridgehead atoms. The lowest BCUT2D eigenvalue weighted by Gasteiger charge is -2.23. The number of carbonyl (C=O) groups is 3. The SMILES string of the molecule is O=C(NO)c1ccc(-c2cc(NC(=O)c3ccc(Cl)cc3Cl)cc(C(=O)N3CCCC3CO)c2)cc1. The number of hydroxylamine groups is 1. The van der Waals surface area contributed by atoms with Crippen LogP contribution in [0, 0.1) is 0 Å². The van der Waals surface area contributed by atoms with Gasteiger partial charge in [0, 0.05) is 28.4 Å². The number of halogens is 2. The van der Waals surface area contributed by atoms with Crippen molar-refractivity contribution in [2.45, 2.75) is 18.9 Å². The number of carbonyl (C=O) groups excluding carboxylic acids is 3. The van der Waals surface area contributed by atoms with Crippen molar-refractivity contribution in [1.29, 1.82) is 0 Å². The molecule has 8 nitrogen and oxygen atoms in total. The maximum absolute atomic E-state index is 13.4. The predicted octanol–water partition coefficient (Wildman–Crippen LogP) is 4.63. The lowest BCUT2D eigenvalue weighted by Crippen LogP contribution is -2.37. The summed E-state index contributed by atoms with van der Waals surface area (Å²) in [7, 11) is 0. The van der Waals surface area contributed by atoms with E-state index in [1.165, 1.54) is 24.3 Å². The number of nitrogens with zero attached hydrogens (tertiary/aromatic N) is 1. The van der Waals surface area contributed by atoms with E-state index in [4.69, 9.17) is 28.4 Å². The van der Waals surface area contributed by atoms with Crippen LogP contribution < -0.4 is 10.8 Å². The molecule has 3 amide bonds. The first-order chi connectivity index (χ1) is 17.3. The van der Waals surface area contributed by atoms with E-state index in [0.29, 0.717) is 33.9 Å². The van der Waals surface area contributed by atoms with Crippen LogP contribution in [0.1, 0.15) is 43.9 Å². The molecule has 4 rings (SSSR count). The van der Waals surface area contributed by atoms with Crippen molar-refractivity contribution in [3.05, 3.63) is 87.4 Å². The Morgan fingerprint density at radius 2 is 1.67 bits per heavy atom. The second kappa shape index (κ2) is 11.1. The molecule has 1 heterocycles. The molecule has 1 saturated heterocycles. The Labute approximate surface area is 217 Å². The van der Waals surface area contributed by atoms with Crippen molar-refractivity contribution in [2.75, 3.05) is 18.5 Å². The second-order valence-corrected chi connectivity index (χ2v) is 9.22. The third kappa shape index (κ3) is 5.52. The summed E-state index contributed by atoms with van der Waals surface area (Å²) in [6, 6.07) is 15.6. The summed E-state index contributed by atoms with van der Waals surface area (Å²) in [6.07, 6.45) is 1.51. The van der Waals surface area contributed by atoms with Crippen molar-refractivity contribution in [2.24, 2.45) is 0 Å². The van der Waals surface area contributed by atoms with Crippen molar-refractivity contribution >= 4 is 46.6 Å². The molecule has 0 radical (unpaired) electrons. The fourth-order valence-corrected chi connectivity index (χ4v) is 4.69. The van der Waals surface area contributed by atoms with Gasteiger partial charge in [0.1, 0.15) is 0 Å². The van der Waals surface area contributed by atoms with Crippen LogP contribution in [0.3, 0.4) is 0 Å². The summed E-state index contributed by atoms with van der Waals surface area (Å²) in [5.41, 5.74) is 4.06. The minimum Gasteiger partial charge on any atom is -0.394 e. The summed E-state index contributed by atoms with van der Waals surface area (Å²) in [4.78, 5) is 39.6. The number of nitrogens with one attached hydrogen (secondary N) is 2.